The van der Waals surface area contributed by atoms with Crippen LogP contribution in [0, 0.1) is 12.8 Å². The molecular formula is C20H21N3O. The molecule has 2 aliphatic heterocycles. The Balaban J connectivity index is 1.54. The molecule has 1 aliphatic carbocycles. The fourth-order valence-electron chi connectivity index (χ4n) is 4.63. The number of imidazole rings is 1. The lowest BCUT2D eigenvalue weighted by atomic mass is 9.80. The molecule has 3 aliphatic rings. The molecular weight excluding hydrogens is 298 g/mol. The molecule has 24 heavy (non-hydrogen) atoms. The molecule has 4 nitrogen and oxygen atoms in total. The molecule has 0 radical (unpaired) electrons. The summed E-state index contributed by atoms with van der Waals surface area (Å²) in [6, 6.07) is 6.50. The van der Waals surface area contributed by atoms with E-state index in [-0.39, 0.29) is 11.8 Å². The second-order valence-corrected chi connectivity index (χ2v) is 7.13. The second-order valence-electron chi connectivity index (χ2n) is 7.13. The van der Waals surface area contributed by atoms with E-state index in [9.17, 15) is 4.79 Å². The van der Waals surface area contributed by atoms with Crippen molar-refractivity contribution in [3.05, 3.63) is 59.3 Å². The van der Waals surface area contributed by atoms with Crippen LogP contribution < -0.4 is 4.90 Å². The van der Waals surface area contributed by atoms with E-state index in [1.165, 1.54) is 28.9 Å². The number of para-hydroxylation sites is 1. The summed E-state index contributed by atoms with van der Waals surface area (Å²) in [4.78, 5) is 20.0. The van der Waals surface area contributed by atoms with Gasteiger partial charge in [0.25, 0.3) is 0 Å². The maximum atomic E-state index is 13.3. The van der Waals surface area contributed by atoms with E-state index in [0.717, 1.165) is 31.8 Å². The first-order chi connectivity index (χ1) is 11.7. The monoisotopic (exact) mass is 319 g/mol. The van der Waals surface area contributed by atoms with Crippen molar-refractivity contribution >= 4 is 11.5 Å². The van der Waals surface area contributed by atoms with E-state index in [0.29, 0.717) is 5.78 Å². The van der Waals surface area contributed by atoms with Crippen LogP contribution in [0.15, 0.2) is 42.4 Å². The molecule has 2 aromatic rings. The lowest BCUT2D eigenvalue weighted by Gasteiger charge is -2.31. The smallest absolute Gasteiger partial charge is 0.151 e. The van der Waals surface area contributed by atoms with Gasteiger partial charge in [-0.25, -0.2) is 4.98 Å². The highest BCUT2D eigenvalue weighted by Crippen LogP contribution is 2.51. The Morgan fingerprint density at radius 1 is 1.33 bits per heavy atom. The highest BCUT2D eigenvalue weighted by Gasteiger charge is 2.44. The molecule has 0 N–H and O–H groups in total. The van der Waals surface area contributed by atoms with Gasteiger partial charge in [-0.15, -0.1) is 0 Å². The summed E-state index contributed by atoms with van der Waals surface area (Å²) in [7, 11) is 0. The van der Waals surface area contributed by atoms with Crippen molar-refractivity contribution in [2.45, 2.75) is 38.6 Å². The summed E-state index contributed by atoms with van der Waals surface area (Å²) in [5.74, 6) is 1.35. The Labute approximate surface area is 141 Å². The van der Waals surface area contributed by atoms with Crippen molar-refractivity contribution in [2.75, 3.05) is 11.4 Å². The normalized spacial score (nSPS) is 24.6. The van der Waals surface area contributed by atoms with Crippen molar-refractivity contribution in [1.82, 2.24) is 9.55 Å². The Hall–Kier alpha value is -2.36. The van der Waals surface area contributed by atoms with Gasteiger partial charge in [-0.1, -0.05) is 24.3 Å². The van der Waals surface area contributed by atoms with Crippen LogP contribution in [0.1, 0.15) is 35.7 Å². The van der Waals surface area contributed by atoms with Gasteiger partial charge in [-0.3, -0.25) is 4.79 Å². The first-order valence-corrected chi connectivity index (χ1v) is 8.85. The summed E-state index contributed by atoms with van der Waals surface area (Å²) in [5.41, 5.74) is 5.20. The minimum absolute atomic E-state index is 0.0452. The first-order valence-electron chi connectivity index (χ1n) is 8.85. The zero-order valence-corrected chi connectivity index (χ0v) is 13.9. The van der Waals surface area contributed by atoms with E-state index < -0.39 is 0 Å². The van der Waals surface area contributed by atoms with E-state index >= 15 is 0 Å². The van der Waals surface area contributed by atoms with Crippen LogP contribution in [-0.2, 0) is 17.8 Å². The highest BCUT2D eigenvalue weighted by atomic mass is 16.1. The van der Waals surface area contributed by atoms with Gasteiger partial charge in [0, 0.05) is 42.8 Å². The highest BCUT2D eigenvalue weighted by molar-refractivity contribution is 5.98. The van der Waals surface area contributed by atoms with Crippen molar-refractivity contribution in [1.29, 1.82) is 0 Å². The Morgan fingerprint density at radius 2 is 2.25 bits per heavy atom. The molecule has 0 saturated carbocycles. The van der Waals surface area contributed by atoms with Gasteiger partial charge in [0.2, 0.25) is 0 Å². The van der Waals surface area contributed by atoms with E-state index in [2.05, 4.69) is 38.7 Å². The number of ketones is 1. The molecule has 1 aromatic carbocycles. The van der Waals surface area contributed by atoms with E-state index in [4.69, 9.17) is 0 Å². The fourth-order valence-corrected chi connectivity index (χ4v) is 4.63. The number of rotatable bonds is 2. The summed E-state index contributed by atoms with van der Waals surface area (Å²) in [6.45, 7) is 3.78. The minimum atomic E-state index is -0.0550. The topological polar surface area (TPSA) is 38.1 Å². The number of hydrogen-bond acceptors (Lipinski definition) is 3. The maximum absolute atomic E-state index is 13.3. The molecule has 0 fully saturated rings. The van der Waals surface area contributed by atoms with Crippen molar-refractivity contribution in [3.63, 3.8) is 0 Å². The minimum Gasteiger partial charge on any atom is -0.344 e. The van der Waals surface area contributed by atoms with Crippen LogP contribution in [0.2, 0.25) is 0 Å². The van der Waals surface area contributed by atoms with Gasteiger partial charge in [-0.05, 0) is 37.3 Å². The Morgan fingerprint density at radius 3 is 3.08 bits per heavy atom. The number of aryl methyl sites for hydroxylation is 2. The summed E-state index contributed by atoms with van der Waals surface area (Å²) >= 11 is 0. The van der Waals surface area contributed by atoms with Crippen LogP contribution in [0.5, 0.6) is 0 Å². The van der Waals surface area contributed by atoms with Crippen molar-refractivity contribution in [2.24, 2.45) is 5.92 Å². The van der Waals surface area contributed by atoms with Crippen LogP contribution >= 0.6 is 0 Å². The van der Waals surface area contributed by atoms with Gasteiger partial charge in [0.15, 0.2) is 5.78 Å². The third kappa shape index (κ3) is 1.86. The molecule has 4 heteroatoms. The number of fused-ring (bicyclic) bond motifs is 3. The average molecular weight is 319 g/mol. The number of carbonyl (C=O) groups excluding carboxylic acids is 1. The largest absolute Gasteiger partial charge is 0.344 e. The fraction of sp³-hybridized carbons (Fsp3) is 0.400. The van der Waals surface area contributed by atoms with Crippen molar-refractivity contribution < 1.29 is 4.79 Å². The summed E-state index contributed by atoms with van der Waals surface area (Å²) in [5, 5.41) is 0. The molecule has 3 heterocycles. The lowest BCUT2D eigenvalue weighted by Crippen LogP contribution is -2.33. The number of anilines is 1. The Kier molecular flexibility index (Phi) is 2.96. The molecule has 1 aromatic heterocycles. The van der Waals surface area contributed by atoms with Gasteiger partial charge >= 0.3 is 0 Å². The molecule has 0 spiro atoms. The number of allylic oxidation sites excluding steroid dienone is 2. The first kappa shape index (κ1) is 14.0. The number of benzene rings is 1. The van der Waals surface area contributed by atoms with Crippen LogP contribution in [-0.4, -0.2) is 21.9 Å². The van der Waals surface area contributed by atoms with Crippen molar-refractivity contribution in [3.8, 4) is 0 Å². The summed E-state index contributed by atoms with van der Waals surface area (Å²) in [6.07, 6.45) is 9.24. The van der Waals surface area contributed by atoms with Gasteiger partial charge in [0.1, 0.15) is 5.82 Å². The maximum Gasteiger partial charge on any atom is 0.151 e. The third-order valence-corrected chi connectivity index (χ3v) is 5.81. The van der Waals surface area contributed by atoms with Gasteiger partial charge in [-0.2, -0.15) is 0 Å². The third-order valence-electron chi connectivity index (χ3n) is 5.81. The molecule has 0 saturated heterocycles. The van der Waals surface area contributed by atoms with E-state index in [1.54, 1.807) is 0 Å². The number of nitrogens with zero attached hydrogens (tertiary/aromatic N) is 3. The molecule has 122 valence electrons. The van der Waals surface area contributed by atoms with Gasteiger partial charge in [0.05, 0.1) is 5.92 Å². The van der Waals surface area contributed by atoms with Gasteiger partial charge < -0.3 is 9.47 Å². The zero-order valence-electron chi connectivity index (χ0n) is 13.9. The number of Topliss-reactive ketones (excluding diaryl/α,β-unsaturated/α-hetero) is 1. The SMILES string of the molecule is Cc1nccn1C[C@H]1CC=C2C(C1=O)c1cccc3c1N2CCC3. The lowest BCUT2D eigenvalue weighted by molar-refractivity contribution is -0.124. The number of aromatic nitrogens is 2. The van der Waals surface area contributed by atoms with Crippen LogP contribution in [0.25, 0.3) is 0 Å². The van der Waals surface area contributed by atoms with Crippen LogP contribution in [0.3, 0.4) is 0 Å². The van der Waals surface area contributed by atoms with Crippen LogP contribution in [0.4, 0.5) is 5.69 Å². The quantitative estimate of drug-likeness (QED) is 0.853. The summed E-state index contributed by atoms with van der Waals surface area (Å²) < 4.78 is 2.10. The standard InChI is InChI=1S/C20H21N3O/c1-13-21-9-11-22(13)12-15-7-8-17-18(20(15)24)16-6-2-4-14-5-3-10-23(17)19(14)16/h2,4,6,8-9,11,15,18H,3,5,7,10,12H2,1H3/t15-,18?/m1/s1. The van der Waals surface area contributed by atoms with E-state index in [1.807, 2.05) is 19.3 Å². The molecule has 1 unspecified atom stereocenters. The average Bonchev–Trinajstić information content (AvgIpc) is 3.15. The predicted octanol–water partition coefficient (Wildman–Crippen LogP) is 3.21. The predicted molar refractivity (Wildman–Crippen MR) is 93.0 cm³/mol. The molecule has 0 bridgehead atoms. The Bertz CT molecular complexity index is 864. The second kappa shape index (κ2) is 5.07. The molecule has 2 atom stereocenters. The number of hydrogen-bond donors (Lipinski definition) is 0. The molecule has 5 rings (SSSR count). The number of carbonyl (C=O) groups is 1. The molecule has 0 amide bonds. The zero-order chi connectivity index (χ0) is 16.3.